The number of nitrogens with two attached hydrogens (primary N) is 1. The van der Waals surface area contributed by atoms with E-state index < -0.39 is 0 Å². The highest BCUT2D eigenvalue weighted by molar-refractivity contribution is 5.56. The molecule has 0 spiro atoms. The van der Waals surface area contributed by atoms with Gasteiger partial charge in [0.2, 0.25) is 0 Å². The van der Waals surface area contributed by atoms with Crippen LogP contribution in [0.3, 0.4) is 0 Å². The SMILES string of the molecule is CCC1CCN(c2nc3ccccn3c2CCN)CC1. The average molecular weight is 272 g/mol. The number of aromatic nitrogens is 2. The molecule has 3 rings (SSSR count). The number of anilines is 1. The zero-order valence-corrected chi connectivity index (χ0v) is 12.3. The van der Waals surface area contributed by atoms with E-state index in [1.807, 2.05) is 6.07 Å². The van der Waals surface area contributed by atoms with E-state index >= 15 is 0 Å². The molecule has 2 N–H and O–H groups in total. The molecule has 4 heteroatoms. The van der Waals surface area contributed by atoms with Gasteiger partial charge in [0.15, 0.2) is 5.82 Å². The Morgan fingerprint density at radius 3 is 2.80 bits per heavy atom. The lowest BCUT2D eigenvalue weighted by molar-refractivity contribution is 0.393. The van der Waals surface area contributed by atoms with Crippen LogP contribution >= 0.6 is 0 Å². The first kappa shape index (κ1) is 13.4. The fourth-order valence-electron chi connectivity index (χ4n) is 3.21. The van der Waals surface area contributed by atoms with Crippen molar-refractivity contribution in [3.63, 3.8) is 0 Å². The van der Waals surface area contributed by atoms with Crippen molar-refractivity contribution in [3.8, 4) is 0 Å². The van der Waals surface area contributed by atoms with E-state index in [1.54, 1.807) is 0 Å². The zero-order chi connectivity index (χ0) is 13.9. The molecule has 20 heavy (non-hydrogen) atoms. The van der Waals surface area contributed by atoms with Gasteiger partial charge >= 0.3 is 0 Å². The molecule has 1 aliphatic rings. The molecule has 4 nitrogen and oxygen atoms in total. The van der Waals surface area contributed by atoms with Crippen LogP contribution in [-0.4, -0.2) is 29.0 Å². The van der Waals surface area contributed by atoms with Crippen LogP contribution in [0.4, 0.5) is 5.82 Å². The Hall–Kier alpha value is -1.55. The first-order valence-corrected chi connectivity index (χ1v) is 7.74. The molecule has 1 saturated heterocycles. The molecule has 0 radical (unpaired) electrons. The molecule has 0 aliphatic carbocycles. The van der Waals surface area contributed by atoms with Gasteiger partial charge < -0.3 is 15.0 Å². The van der Waals surface area contributed by atoms with Crippen LogP contribution in [-0.2, 0) is 6.42 Å². The van der Waals surface area contributed by atoms with Gasteiger partial charge in [-0.25, -0.2) is 4.98 Å². The molecule has 2 aromatic heterocycles. The van der Waals surface area contributed by atoms with Crippen molar-refractivity contribution < 1.29 is 0 Å². The van der Waals surface area contributed by atoms with E-state index in [2.05, 4.69) is 34.6 Å². The van der Waals surface area contributed by atoms with Gasteiger partial charge in [0, 0.05) is 25.7 Å². The Kier molecular flexibility index (Phi) is 3.92. The number of imidazole rings is 1. The Labute approximate surface area is 120 Å². The summed E-state index contributed by atoms with van der Waals surface area (Å²) in [5.41, 5.74) is 8.09. The van der Waals surface area contributed by atoms with Crippen LogP contribution in [0.25, 0.3) is 5.65 Å². The maximum Gasteiger partial charge on any atom is 0.151 e. The summed E-state index contributed by atoms with van der Waals surface area (Å²) in [7, 11) is 0. The van der Waals surface area contributed by atoms with Crippen LogP contribution in [0, 0.1) is 5.92 Å². The van der Waals surface area contributed by atoms with Crippen molar-refractivity contribution in [3.05, 3.63) is 30.1 Å². The highest BCUT2D eigenvalue weighted by atomic mass is 15.2. The van der Waals surface area contributed by atoms with Crippen molar-refractivity contribution >= 4 is 11.5 Å². The van der Waals surface area contributed by atoms with E-state index in [0.29, 0.717) is 6.54 Å². The fraction of sp³-hybridized carbons (Fsp3) is 0.562. The minimum absolute atomic E-state index is 0.668. The molecule has 0 unspecified atom stereocenters. The van der Waals surface area contributed by atoms with Crippen molar-refractivity contribution in [2.75, 3.05) is 24.5 Å². The number of fused-ring (bicyclic) bond motifs is 1. The largest absolute Gasteiger partial charge is 0.355 e. The highest BCUT2D eigenvalue weighted by Crippen LogP contribution is 2.28. The minimum Gasteiger partial charge on any atom is -0.355 e. The smallest absolute Gasteiger partial charge is 0.151 e. The lowest BCUT2D eigenvalue weighted by Gasteiger charge is -2.32. The zero-order valence-electron chi connectivity index (χ0n) is 12.3. The quantitative estimate of drug-likeness (QED) is 0.930. The summed E-state index contributed by atoms with van der Waals surface area (Å²) < 4.78 is 2.19. The molecular formula is C16H24N4. The topological polar surface area (TPSA) is 46.6 Å². The van der Waals surface area contributed by atoms with Gasteiger partial charge in [0.25, 0.3) is 0 Å². The summed E-state index contributed by atoms with van der Waals surface area (Å²) in [6, 6.07) is 6.17. The molecule has 0 bridgehead atoms. The van der Waals surface area contributed by atoms with E-state index in [0.717, 1.165) is 36.9 Å². The van der Waals surface area contributed by atoms with Gasteiger partial charge in [0.05, 0.1) is 5.69 Å². The first-order chi connectivity index (χ1) is 9.83. The predicted molar refractivity (Wildman–Crippen MR) is 83.2 cm³/mol. The van der Waals surface area contributed by atoms with Crippen LogP contribution in [0.2, 0.25) is 0 Å². The van der Waals surface area contributed by atoms with E-state index in [1.165, 1.54) is 25.0 Å². The highest BCUT2D eigenvalue weighted by Gasteiger charge is 2.22. The van der Waals surface area contributed by atoms with Crippen LogP contribution in [0.1, 0.15) is 31.9 Å². The van der Waals surface area contributed by atoms with Crippen LogP contribution < -0.4 is 10.6 Å². The molecule has 3 heterocycles. The molecule has 108 valence electrons. The van der Waals surface area contributed by atoms with Gasteiger partial charge in [-0.05, 0) is 37.4 Å². The maximum absolute atomic E-state index is 5.79. The standard InChI is InChI=1S/C16H24N4/c1-2-13-7-11-19(12-8-13)16-14(6-9-17)20-10-4-3-5-15(20)18-16/h3-5,10,13H,2,6-9,11-12,17H2,1H3. The summed E-state index contributed by atoms with van der Waals surface area (Å²) in [6.45, 7) is 5.21. The molecule has 2 aromatic rings. The minimum atomic E-state index is 0.668. The average Bonchev–Trinajstić information content (AvgIpc) is 2.87. The molecule has 0 aromatic carbocycles. The third kappa shape index (κ3) is 2.40. The summed E-state index contributed by atoms with van der Waals surface area (Å²) >= 11 is 0. The Balaban J connectivity index is 1.92. The molecular weight excluding hydrogens is 248 g/mol. The van der Waals surface area contributed by atoms with Gasteiger partial charge in [0.1, 0.15) is 5.65 Å². The summed E-state index contributed by atoms with van der Waals surface area (Å²) in [5, 5.41) is 0. The monoisotopic (exact) mass is 272 g/mol. The van der Waals surface area contributed by atoms with Crippen LogP contribution in [0.15, 0.2) is 24.4 Å². The molecule has 0 amide bonds. The summed E-state index contributed by atoms with van der Waals surface area (Å²) in [4.78, 5) is 7.29. The second kappa shape index (κ2) is 5.83. The fourth-order valence-corrected chi connectivity index (χ4v) is 3.21. The number of hydrogen-bond acceptors (Lipinski definition) is 3. The van der Waals surface area contributed by atoms with Gasteiger partial charge in [-0.3, -0.25) is 0 Å². The molecule has 0 atom stereocenters. The summed E-state index contributed by atoms with van der Waals surface area (Å²) in [6.07, 6.45) is 6.84. The first-order valence-electron chi connectivity index (χ1n) is 7.74. The number of piperidine rings is 1. The Morgan fingerprint density at radius 1 is 1.30 bits per heavy atom. The van der Waals surface area contributed by atoms with Crippen molar-refractivity contribution in [1.29, 1.82) is 0 Å². The van der Waals surface area contributed by atoms with Crippen LogP contribution in [0.5, 0.6) is 0 Å². The predicted octanol–water partition coefficient (Wildman–Crippen LogP) is 2.46. The summed E-state index contributed by atoms with van der Waals surface area (Å²) in [5.74, 6) is 2.04. The van der Waals surface area contributed by atoms with E-state index in [9.17, 15) is 0 Å². The Morgan fingerprint density at radius 2 is 2.10 bits per heavy atom. The molecule has 0 saturated carbocycles. The second-order valence-corrected chi connectivity index (χ2v) is 5.69. The number of pyridine rings is 1. The number of rotatable bonds is 4. The van der Waals surface area contributed by atoms with E-state index in [-0.39, 0.29) is 0 Å². The van der Waals surface area contributed by atoms with E-state index in [4.69, 9.17) is 10.7 Å². The molecule has 1 fully saturated rings. The van der Waals surface area contributed by atoms with Gasteiger partial charge in [-0.2, -0.15) is 0 Å². The third-order valence-electron chi connectivity index (χ3n) is 4.48. The van der Waals surface area contributed by atoms with Crippen molar-refractivity contribution in [2.24, 2.45) is 11.7 Å². The lowest BCUT2D eigenvalue weighted by atomic mass is 9.94. The third-order valence-corrected chi connectivity index (χ3v) is 4.48. The van der Waals surface area contributed by atoms with Crippen molar-refractivity contribution in [2.45, 2.75) is 32.6 Å². The van der Waals surface area contributed by atoms with Crippen molar-refractivity contribution in [1.82, 2.24) is 9.38 Å². The van der Waals surface area contributed by atoms with Gasteiger partial charge in [-0.1, -0.05) is 19.4 Å². The number of hydrogen-bond donors (Lipinski definition) is 1. The maximum atomic E-state index is 5.79. The molecule has 1 aliphatic heterocycles. The lowest BCUT2D eigenvalue weighted by Crippen LogP contribution is -2.34. The van der Waals surface area contributed by atoms with Gasteiger partial charge in [-0.15, -0.1) is 0 Å². The second-order valence-electron chi connectivity index (χ2n) is 5.69. The Bertz CT molecular complexity index is 567. The number of nitrogens with zero attached hydrogens (tertiary/aromatic N) is 3. The normalized spacial score (nSPS) is 17.0.